The van der Waals surface area contributed by atoms with Gasteiger partial charge in [-0.1, -0.05) is 25.0 Å². The van der Waals surface area contributed by atoms with E-state index in [4.69, 9.17) is 0 Å². The first-order valence-electron chi connectivity index (χ1n) is 6.52. The summed E-state index contributed by atoms with van der Waals surface area (Å²) in [6, 6.07) is 8.63. The molecule has 3 nitrogen and oxygen atoms in total. The summed E-state index contributed by atoms with van der Waals surface area (Å²) in [4.78, 5) is 7.84. The third-order valence-corrected chi connectivity index (χ3v) is 3.48. The number of fused-ring (bicyclic) bond motifs is 1. The molecule has 1 heterocycles. The van der Waals surface area contributed by atoms with Gasteiger partial charge in [0, 0.05) is 6.04 Å². The molecule has 1 aliphatic carbocycles. The molecule has 1 atom stereocenters. The van der Waals surface area contributed by atoms with E-state index in [9.17, 15) is 0 Å². The summed E-state index contributed by atoms with van der Waals surface area (Å²) in [6.45, 7) is 2.23. The molecule has 3 heteroatoms. The van der Waals surface area contributed by atoms with Gasteiger partial charge in [-0.15, -0.1) is 0 Å². The van der Waals surface area contributed by atoms with Crippen molar-refractivity contribution in [2.45, 2.75) is 38.6 Å². The van der Waals surface area contributed by atoms with Gasteiger partial charge in [0.2, 0.25) is 5.95 Å². The molecule has 0 spiro atoms. The molecule has 0 radical (unpaired) electrons. The van der Waals surface area contributed by atoms with Crippen molar-refractivity contribution in [2.75, 3.05) is 5.32 Å². The van der Waals surface area contributed by atoms with E-state index in [2.05, 4.69) is 28.3 Å². The Morgan fingerprint density at radius 2 is 2.24 bits per heavy atom. The lowest BCUT2D eigenvalue weighted by Gasteiger charge is -2.12. The number of hydrogen-bond donors (Lipinski definition) is 2. The Labute approximate surface area is 102 Å². The Balaban J connectivity index is 1.62. The summed E-state index contributed by atoms with van der Waals surface area (Å²) in [5, 5.41) is 3.45. The second-order valence-corrected chi connectivity index (χ2v) is 5.17. The van der Waals surface area contributed by atoms with Crippen molar-refractivity contribution in [3.63, 3.8) is 0 Å². The van der Waals surface area contributed by atoms with Crippen LogP contribution in [0, 0.1) is 5.92 Å². The molecule has 1 saturated carbocycles. The molecule has 1 aliphatic rings. The molecule has 1 unspecified atom stereocenters. The molecule has 1 aromatic heterocycles. The number of aromatic amines is 1. The Morgan fingerprint density at radius 3 is 3.00 bits per heavy atom. The quantitative estimate of drug-likeness (QED) is 0.823. The molecular formula is C14H19N3. The number of nitrogens with one attached hydrogen (secondary N) is 2. The maximum absolute atomic E-state index is 4.53. The van der Waals surface area contributed by atoms with Gasteiger partial charge < -0.3 is 10.3 Å². The summed E-state index contributed by atoms with van der Waals surface area (Å²) in [6.07, 6.45) is 5.48. The van der Waals surface area contributed by atoms with E-state index in [1.54, 1.807) is 0 Å². The summed E-state index contributed by atoms with van der Waals surface area (Å²) in [5.74, 6) is 1.91. The van der Waals surface area contributed by atoms with Crippen molar-refractivity contribution in [3.8, 4) is 0 Å². The third kappa shape index (κ3) is 2.60. The van der Waals surface area contributed by atoms with Gasteiger partial charge >= 0.3 is 0 Å². The van der Waals surface area contributed by atoms with Crippen LogP contribution in [0.3, 0.4) is 0 Å². The van der Waals surface area contributed by atoms with Crippen molar-refractivity contribution in [2.24, 2.45) is 5.92 Å². The van der Waals surface area contributed by atoms with E-state index in [0.29, 0.717) is 6.04 Å². The highest BCUT2D eigenvalue weighted by atomic mass is 15.1. The molecule has 0 bridgehead atoms. The zero-order valence-electron chi connectivity index (χ0n) is 10.2. The van der Waals surface area contributed by atoms with Gasteiger partial charge in [-0.2, -0.15) is 0 Å². The van der Waals surface area contributed by atoms with E-state index in [1.165, 1.54) is 25.7 Å². The fraction of sp³-hybridized carbons (Fsp3) is 0.500. The van der Waals surface area contributed by atoms with E-state index in [-0.39, 0.29) is 0 Å². The Hall–Kier alpha value is -1.51. The smallest absolute Gasteiger partial charge is 0.201 e. The number of para-hydroxylation sites is 2. The number of aromatic nitrogens is 2. The van der Waals surface area contributed by atoms with Gasteiger partial charge in [0.05, 0.1) is 11.0 Å². The van der Waals surface area contributed by atoms with Crippen LogP contribution in [-0.2, 0) is 0 Å². The molecule has 0 amide bonds. The average Bonchev–Trinajstić information content (AvgIpc) is 3.06. The van der Waals surface area contributed by atoms with E-state index < -0.39 is 0 Å². The van der Waals surface area contributed by atoms with Crippen LogP contribution in [0.15, 0.2) is 24.3 Å². The average molecular weight is 229 g/mol. The zero-order valence-corrected chi connectivity index (χ0v) is 10.2. The first-order chi connectivity index (χ1) is 8.31. The van der Waals surface area contributed by atoms with E-state index in [1.807, 2.05) is 18.2 Å². The summed E-state index contributed by atoms with van der Waals surface area (Å²) >= 11 is 0. The maximum atomic E-state index is 4.53. The predicted octanol–water partition coefficient (Wildman–Crippen LogP) is 3.55. The first kappa shape index (κ1) is 10.6. The van der Waals surface area contributed by atoms with Gasteiger partial charge in [0.1, 0.15) is 0 Å². The molecular weight excluding hydrogens is 210 g/mol. The molecule has 0 aliphatic heterocycles. The zero-order chi connectivity index (χ0) is 11.7. The number of rotatable bonds is 5. The predicted molar refractivity (Wildman–Crippen MR) is 71.1 cm³/mol. The lowest BCUT2D eigenvalue weighted by molar-refractivity contribution is 0.608. The summed E-state index contributed by atoms with van der Waals surface area (Å²) < 4.78 is 0. The number of nitrogens with zero attached hydrogens (tertiary/aromatic N) is 1. The fourth-order valence-electron chi connectivity index (χ4n) is 2.22. The van der Waals surface area contributed by atoms with Crippen LogP contribution in [-0.4, -0.2) is 16.0 Å². The van der Waals surface area contributed by atoms with Crippen molar-refractivity contribution >= 4 is 17.0 Å². The lowest BCUT2D eigenvalue weighted by Crippen LogP contribution is -2.16. The van der Waals surface area contributed by atoms with Crippen molar-refractivity contribution < 1.29 is 0 Å². The molecule has 17 heavy (non-hydrogen) atoms. The van der Waals surface area contributed by atoms with Gasteiger partial charge in [0.25, 0.3) is 0 Å². The number of anilines is 1. The maximum Gasteiger partial charge on any atom is 0.201 e. The van der Waals surface area contributed by atoms with Crippen molar-refractivity contribution in [3.05, 3.63) is 24.3 Å². The topological polar surface area (TPSA) is 40.7 Å². The first-order valence-corrected chi connectivity index (χ1v) is 6.52. The van der Waals surface area contributed by atoms with Crippen LogP contribution < -0.4 is 5.32 Å². The molecule has 1 fully saturated rings. The largest absolute Gasteiger partial charge is 0.353 e. The minimum Gasteiger partial charge on any atom is -0.353 e. The van der Waals surface area contributed by atoms with Gasteiger partial charge in [-0.3, -0.25) is 0 Å². The summed E-state index contributed by atoms with van der Waals surface area (Å²) in [5.41, 5.74) is 2.13. The van der Waals surface area contributed by atoms with Crippen LogP contribution in [0.5, 0.6) is 0 Å². The normalized spacial score (nSPS) is 17.2. The SMILES string of the molecule is CC(CCC1CC1)Nc1nc2ccccc2[nH]1. The van der Waals surface area contributed by atoms with Crippen LogP contribution in [0.1, 0.15) is 32.6 Å². The Bertz CT molecular complexity index is 466. The molecule has 0 saturated heterocycles. The highest BCUT2D eigenvalue weighted by molar-refractivity contribution is 5.77. The molecule has 2 aromatic rings. The minimum absolute atomic E-state index is 0.496. The molecule has 90 valence electrons. The third-order valence-electron chi connectivity index (χ3n) is 3.48. The van der Waals surface area contributed by atoms with Crippen molar-refractivity contribution in [1.82, 2.24) is 9.97 Å². The summed E-state index contributed by atoms with van der Waals surface area (Å²) in [7, 11) is 0. The highest BCUT2D eigenvalue weighted by Gasteiger charge is 2.21. The second-order valence-electron chi connectivity index (χ2n) is 5.17. The number of H-pyrrole nitrogens is 1. The van der Waals surface area contributed by atoms with Gasteiger partial charge in [-0.25, -0.2) is 4.98 Å². The van der Waals surface area contributed by atoms with Crippen LogP contribution >= 0.6 is 0 Å². The lowest BCUT2D eigenvalue weighted by atomic mass is 10.1. The Kier molecular flexibility index (Phi) is 2.75. The minimum atomic E-state index is 0.496. The van der Waals surface area contributed by atoms with Crippen LogP contribution in [0.4, 0.5) is 5.95 Å². The second kappa shape index (κ2) is 4.40. The van der Waals surface area contributed by atoms with Crippen LogP contribution in [0.2, 0.25) is 0 Å². The molecule has 1 aromatic carbocycles. The fourth-order valence-corrected chi connectivity index (χ4v) is 2.22. The highest BCUT2D eigenvalue weighted by Crippen LogP contribution is 2.34. The molecule has 3 rings (SSSR count). The number of hydrogen-bond acceptors (Lipinski definition) is 2. The number of benzene rings is 1. The van der Waals surface area contributed by atoms with E-state index in [0.717, 1.165) is 22.9 Å². The number of imidazole rings is 1. The Morgan fingerprint density at radius 1 is 1.41 bits per heavy atom. The van der Waals surface area contributed by atoms with Crippen LogP contribution in [0.25, 0.3) is 11.0 Å². The standard InChI is InChI=1S/C14H19N3/c1-10(6-7-11-8-9-11)15-14-16-12-4-2-3-5-13(12)17-14/h2-5,10-11H,6-9H2,1H3,(H2,15,16,17). The van der Waals surface area contributed by atoms with Gasteiger partial charge in [-0.05, 0) is 37.8 Å². The molecule has 2 N–H and O–H groups in total. The van der Waals surface area contributed by atoms with Crippen molar-refractivity contribution in [1.29, 1.82) is 0 Å². The monoisotopic (exact) mass is 229 g/mol. The van der Waals surface area contributed by atoms with Gasteiger partial charge in [0.15, 0.2) is 0 Å². The van der Waals surface area contributed by atoms with E-state index >= 15 is 0 Å².